The molecule has 110 valence electrons. The van der Waals surface area contributed by atoms with Crippen LogP contribution in [0.2, 0.25) is 0 Å². The van der Waals surface area contributed by atoms with Crippen molar-refractivity contribution in [2.75, 3.05) is 32.7 Å². The van der Waals surface area contributed by atoms with Gasteiger partial charge in [-0.25, -0.2) is 0 Å². The number of hydrogen-bond acceptors (Lipinski definition) is 6. The molecule has 0 radical (unpaired) electrons. The first-order valence-electron chi connectivity index (χ1n) is 6.91. The first kappa shape index (κ1) is 14.7. The average molecular weight is 273 g/mol. The maximum atomic E-state index is 10.9. The van der Waals surface area contributed by atoms with Crippen molar-refractivity contribution < 1.29 is 20.3 Å². The summed E-state index contributed by atoms with van der Waals surface area (Å²) in [5.41, 5.74) is 0. The molecule has 2 atom stereocenters. The van der Waals surface area contributed by atoms with Crippen LogP contribution in [0.25, 0.3) is 0 Å². The van der Waals surface area contributed by atoms with Gasteiger partial charge in [0.05, 0.1) is 6.54 Å². The molecular weight excluding hydrogens is 250 g/mol. The Morgan fingerprint density at radius 3 is 1.84 bits per heavy atom. The Hall–Kier alpha value is -0.730. The third-order valence-electron chi connectivity index (χ3n) is 3.99. The molecule has 0 bridgehead atoms. The normalized spacial score (nSPS) is 29.4. The Morgan fingerprint density at radius 1 is 1.05 bits per heavy atom. The first-order valence-corrected chi connectivity index (χ1v) is 6.91. The van der Waals surface area contributed by atoms with Gasteiger partial charge in [-0.3, -0.25) is 9.69 Å². The highest BCUT2D eigenvalue weighted by Gasteiger charge is 2.30. The Balaban J connectivity index is 1.89. The number of carboxylic acid groups (broad SMARTS) is 1. The number of hydroxylamine groups is 4. The quantitative estimate of drug-likeness (QED) is 0.631. The maximum Gasteiger partial charge on any atom is 0.317 e. The maximum absolute atomic E-state index is 10.9. The lowest BCUT2D eigenvalue weighted by Gasteiger charge is -2.30. The van der Waals surface area contributed by atoms with E-state index in [1.165, 1.54) is 10.1 Å². The molecule has 0 spiro atoms. The second-order valence-corrected chi connectivity index (χ2v) is 5.51. The summed E-state index contributed by atoms with van der Waals surface area (Å²) in [6.07, 6.45) is 3.66. The standard InChI is InChI=1S/C12H23N3O4/c16-12(17)9-13(7-10-3-1-5-14(10)18)8-11-4-2-6-15(11)19/h10-11,18-19H,1-9H2,(H,16,17)/t10-,11-/m0/s1. The van der Waals surface area contributed by atoms with E-state index >= 15 is 0 Å². The minimum atomic E-state index is -0.870. The van der Waals surface area contributed by atoms with Gasteiger partial charge < -0.3 is 15.5 Å². The zero-order chi connectivity index (χ0) is 13.8. The van der Waals surface area contributed by atoms with Gasteiger partial charge >= 0.3 is 5.97 Å². The second-order valence-electron chi connectivity index (χ2n) is 5.51. The minimum Gasteiger partial charge on any atom is -0.480 e. The van der Waals surface area contributed by atoms with Crippen LogP contribution < -0.4 is 0 Å². The van der Waals surface area contributed by atoms with Crippen LogP contribution in [0.1, 0.15) is 25.7 Å². The van der Waals surface area contributed by atoms with Crippen LogP contribution in [0.3, 0.4) is 0 Å². The number of aliphatic carboxylic acids is 1. The molecule has 0 unspecified atom stereocenters. The van der Waals surface area contributed by atoms with Crippen LogP contribution in [-0.2, 0) is 4.79 Å². The van der Waals surface area contributed by atoms with Gasteiger partial charge in [0.15, 0.2) is 0 Å². The van der Waals surface area contributed by atoms with Crippen LogP contribution in [0.5, 0.6) is 0 Å². The van der Waals surface area contributed by atoms with E-state index in [0.717, 1.165) is 25.7 Å². The molecule has 2 aliphatic heterocycles. The fraction of sp³-hybridized carbons (Fsp3) is 0.917. The van der Waals surface area contributed by atoms with Gasteiger partial charge in [-0.2, -0.15) is 10.1 Å². The average Bonchev–Trinajstić information content (AvgIpc) is 2.89. The van der Waals surface area contributed by atoms with Crippen LogP contribution in [-0.4, -0.2) is 81.3 Å². The van der Waals surface area contributed by atoms with E-state index < -0.39 is 5.97 Å². The molecule has 0 aromatic carbocycles. The molecule has 0 amide bonds. The van der Waals surface area contributed by atoms with E-state index in [1.54, 1.807) is 0 Å². The van der Waals surface area contributed by atoms with Crippen LogP contribution in [0.15, 0.2) is 0 Å². The van der Waals surface area contributed by atoms with Crippen LogP contribution in [0, 0.1) is 0 Å². The summed E-state index contributed by atoms with van der Waals surface area (Å²) in [7, 11) is 0. The number of carbonyl (C=O) groups is 1. The van der Waals surface area contributed by atoms with E-state index in [-0.39, 0.29) is 18.6 Å². The van der Waals surface area contributed by atoms with Gasteiger partial charge in [0.25, 0.3) is 0 Å². The van der Waals surface area contributed by atoms with Gasteiger partial charge in [-0.1, -0.05) is 0 Å². The summed E-state index contributed by atoms with van der Waals surface area (Å²) in [6.45, 7) is 2.33. The van der Waals surface area contributed by atoms with Gasteiger partial charge in [0.1, 0.15) is 0 Å². The van der Waals surface area contributed by atoms with E-state index in [2.05, 4.69) is 0 Å². The molecule has 0 aliphatic carbocycles. The van der Waals surface area contributed by atoms with E-state index in [4.69, 9.17) is 5.11 Å². The monoisotopic (exact) mass is 273 g/mol. The first-order chi connectivity index (χ1) is 9.06. The molecule has 19 heavy (non-hydrogen) atoms. The van der Waals surface area contributed by atoms with E-state index in [9.17, 15) is 15.2 Å². The van der Waals surface area contributed by atoms with Crippen molar-refractivity contribution in [2.24, 2.45) is 0 Å². The van der Waals surface area contributed by atoms with Crippen molar-refractivity contribution in [3.8, 4) is 0 Å². The fourth-order valence-corrected chi connectivity index (χ4v) is 3.00. The number of hydrogen-bond donors (Lipinski definition) is 3. The lowest BCUT2D eigenvalue weighted by Crippen LogP contribution is -2.46. The van der Waals surface area contributed by atoms with Gasteiger partial charge in [-0.15, -0.1) is 0 Å². The Kier molecular flexibility index (Phi) is 5.12. The van der Waals surface area contributed by atoms with Crippen molar-refractivity contribution in [1.82, 2.24) is 15.0 Å². The molecule has 0 aromatic heterocycles. The third kappa shape index (κ3) is 4.12. The summed E-state index contributed by atoms with van der Waals surface area (Å²) < 4.78 is 0. The summed E-state index contributed by atoms with van der Waals surface area (Å²) in [6, 6.07) is 0.0146. The summed E-state index contributed by atoms with van der Waals surface area (Å²) in [5.74, 6) is -0.870. The van der Waals surface area contributed by atoms with Crippen LogP contribution >= 0.6 is 0 Å². The van der Waals surface area contributed by atoms with Crippen molar-refractivity contribution in [3.05, 3.63) is 0 Å². The zero-order valence-electron chi connectivity index (χ0n) is 11.1. The van der Waals surface area contributed by atoms with Crippen molar-refractivity contribution in [2.45, 2.75) is 37.8 Å². The molecule has 2 fully saturated rings. The lowest BCUT2D eigenvalue weighted by atomic mass is 10.1. The summed E-state index contributed by atoms with van der Waals surface area (Å²) >= 11 is 0. The molecule has 2 rings (SSSR count). The van der Waals surface area contributed by atoms with Gasteiger partial charge in [0.2, 0.25) is 0 Å². The zero-order valence-corrected chi connectivity index (χ0v) is 11.1. The van der Waals surface area contributed by atoms with E-state index in [1.807, 2.05) is 4.90 Å². The molecule has 7 heteroatoms. The third-order valence-corrected chi connectivity index (χ3v) is 3.99. The molecule has 2 heterocycles. The second kappa shape index (κ2) is 6.62. The lowest BCUT2D eigenvalue weighted by molar-refractivity contribution is -0.143. The minimum absolute atomic E-state index is 0.00731. The Bertz CT molecular complexity index is 293. The fourth-order valence-electron chi connectivity index (χ4n) is 3.00. The van der Waals surface area contributed by atoms with Crippen molar-refractivity contribution in [1.29, 1.82) is 0 Å². The van der Waals surface area contributed by atoms with E-state index in [0.29, 0.717) is 26.2 Å². The highest BCUT2D eigenvalue weighted by Crippen LogP contribution is 2.19. The molecule has 0 saturated carbocycles. The molecule has 2 aliphatic rings. The van der Waals surface area contributed by atoms with Crippen LogP contribution in [0.4, 0.5) is 0 Å². The summed E-state index contributed by atoms with van der Waals surface area (Å²) in [5, 5.41) is 30.9. The van der Waals surface area contributed by atoms with Crippen molar-refractivity contribution >= 4 is 5.97 Å². The number of rotatable bonds is 6. The van der Waals surface area contributed by atoms with Gasteiger partial charge in [0, 0.05) is 38.3 Å². The smallest absolute Gasteiger partial charge is 0.317 e. The molecule has 7 nitrogen and oxygen atoms in total. The number of nitrogens with zero attached hydrogens (tertiary/aromatic N) is 3. The molecule has 0 aromatic rings. The SMILES string of the molecule is O=C(O)CN(C[C@@H]1CCCN1O)C[C@@H]1CCCN1O. The number of carboxylic acids is 1. The van der Waals surface area contributed by atoms with Crippen molar-refractivity contribution in [3.63, 3.8) is 0 Å². The Morgan fingerprint density at radius 2 is 1.53 bits per heavy atom. The predicted molar refractivity (Wildman–Crippen MR) is 67.1 cm³/mol. The van der Waals surface area contributed by atoms with Gasteiger partial charge in [-0.05, 0) is 25.7 Å². The Labute approximate surface area is 112 Å². The predicted octanol–water partition coefficient (Wildman–Crippen LogP) is 0.0802. The highest BCUT2D eigenvalue weighted by atomic mass is 16.5. The molecular formula is C12H23N3O4. The molecule has 2 saturated heterocycles. The topological polar surface area (TPSA) is 87.5 Å². The molecule has 3 N–H and O–H groups in total. The summed E-state index contributed by atoms with van der Waals surface area (Å²) in [4.78, 5) is 12.7. The highest BCUT2D eigenvalue weighted by molar-refractivity contribution is 5.69. The largest absolute Gasteiger partial charge is 0.480 e.